The SMILES string of the molecule is COc1cc(C(=O)N[C@H]2CCCN(c3ncccn3)C2)cc(Cl)c1OC. The van der Waals surface area contributed by atoms with Crippen LogP contribution in [0.5, 0.6) is 11.5 Å². The fourth-order valence-corrected chi connectivity index (χ4v) is 3.34. The van der Waals surface area contributed by atoms with Gasteiger partial charge in [-0.05, 0) is 31.0 Å². The maximum absolute atomic E-state index is 12.7. The average molecular weight is 377 g/mol. The minimum Gasteiger partial charge on any atom is -0.493 e. The molecule has 26 heavy (non-hydrogen) atoms. The van der Waals surface area contributed by atoms with Gasteiger partial charge in [0.25, 0.3) is 5.91 Å². The zero-order chi connectivity index (χ0) is 18.5. The Balaban J connectivity index is 1.70. The molecular weight excluding hydrogens is 356 g/mol. The largest absolute Gasteiger partial charge is 0.493 e. The molecule has 8 heteroatoms. The highest BCUT2D eigenvalue weighted by molar-refractivity contribution is 6.32. The lowest BCUT2D eigenvalue weighted by molar-refractivity contribution is 0.0932. The van der Waals surface area contributed by atoms with E-state index in [2.05, 4.69) is 20.2 Å². The molecule has 0 saturated carbocycles. The molecule has 0 bridgehead atoms. The molecule has 1 saturated heterocycles. The Labute approximate surface area is 157 Å². The van der Waals surface area contributed by atoms with Crippen LogP contribution in [-0.4, -0.2) is 49.2 Å². The predicted molar refractivity (Wildman–Crippen MR) is 99.3 cm³/mol. The normalized spacial score (nSPS) is 16.9. The third kappa shape index (κ3) is 3.99. The second-order valence-electron chi connectivity index (χ2n) is 6.00. The fraction of sp³-hybridized carbons (Fsp3) is 0.389. The van der Waals surface area contributed by atoms with Crippen LogP contribution in [0, 0.1) is 0 Å². The molecule has 0 spiro atoms. The number of methoxy groups -OCH3 is 2. The Morgan fingerprint density at radius 1 is 1.27 bits per heavy atom. The van der Waals surface area contributed by atoms with Crippen LogP contribution >= 0.6 is 11.6 Å². The molecule has 1 aliphatic heterocycles. The standard InChI is InChI=1S/C18H21ClN4O3/c1-25-15-10-12(9-14(19)16(15)26-2)17(24)22-13-5-3-8-23(11-13)18-20-6-4-7-21-18/h4,6-7,9-10,13H,3,5,8,11H2,1-2H3,(H,22,24)/t13-/m0/s1. The van der Waals surface area contributed by atoms with Gasteiger partial charge in [-0.1, -0.05) is 11.6 Å². The third-order valence-corrected chi connectivity index (χ3v) is 4.57. The van der Waals surface area contributed by atoms with E-state index in [1.807, 2.05) is 0 Å². The van der Waals surface area contributed by atoms with E-state index < -0.39 is 0 Å². The van der Waals surface area contributed by atoms with Crippen molar-refractivity contribution in [3.8, 4) is 11.5 Å². The van der Waals surface area contributed by atoms with Crippen molar-refractivity contribution in [2.24, 2.45) is 0 Å². The minimum absolute atomic E-state index is 0.00642. The van der Waals surface area contributed by atoms with Crippen LogP contribution in [0.3, 0.4) is 0 Å². The van der Waals surface area contributed by atoms with Crippen molar-refractivity contribution < 1.29 is 14.3 Å². The Kier molecular flexibility index (Phi) is 5.78. The number of ether oxygens (including phenoxy) is 2. The topological polar surface area (TPSA) is 76.6 Å². The summed E-state index contributed by atoms with van der Waals surface area (Å²) in [5, 5.41) is 3.39. The number of hydrogen-bond donors (Lipinski definition) is 1. The number of halogens is 1. The van der Waals surface area contributed by atoms with Gasteiger partial charge >= 0.3 is 0 Å². The molecule has 1 aliphatic rings. The zero-order valence-corrected chi connectivity index (χ0v) is 15.5. The van der Waals surface area contributed by atoms with Crippen LogP contribution in [0.25, 0.3) is 0 Å². The van der Waals surface area contributed by atoms with Gasteiger partial charge in [-0.2, -0.15) is 0 Å². The number of aromatic nitrogens is 2. The van der Waals surface area contributed by atoms with Crippen molar-refractivity contribution in [1.82, 2.24) is 15.3 Å². The van der Waals surface area contributed by atoms with E-state index in [1.54, 1.807) is 30.6 Å². The lowest BCUT2D eigenvalue weighted by Gasteiger charge is -2.33. The first-order chi connectivity index (χ1) is 12.6. The van der Waals surface area contributed by atoms with E-state index in [-0.39, 0.29) is 11.9 Å². The molecule has 0 unspecified atom stereocenters. The van der Waals surface area contributed by atoms with Gasteiger partial charge in [-0.25, -0.2) is 9.97 Å². The summed E-state index contributed by atoms with van der Waals surface area (Å²) in [6.07, 6.45) is 5.29. The summed E-state index contributed by atoms with van der Waals surface area (Å²) in [6, 6.07) is 5.00. The van der Waals surface area contributed by atoms with Crippen molar-refractivity contribution in [3.63, 3.8) is 0 Å². The van der Waals surface area contributed by atoms with Crippen LogP contribution < -0.4 is 19.7 Å². The molecular formula is C18H21ClN4O3. The van der Waals surface area contributed by atoms with Gasteiger partial charge in [0.2, 0.25) is 5.95 Å². The molecule has 2 aromatic rings. The highest BCUT2D eigenvalue weighted by Crippen LogP contribution is 2.36. The van der Waals surface area contributed by atoms with E-state index in [0.717, 1.165) is 19.4 Å². The van der Waals surface area contributed by atoms with Gasteiger partial charge in [0.15, 0.2) is 11.5 Å². The van der Waals surface area contributed by atoms with Crippen LogP contribution in [-0.2, 0) is 0 Å². The summed E-state index contributed by atoms with van der Waals surface area (Å²) >= 11 is 6.19. The number of piperidine rings is 1. The quantitative estimate of drug-likeness (QED) is 0.864. The molecule has 0 radical (unpaired) electrons. The summed E-state index contributed by atoms with van der Waals surface area (Å²) in [6.45, 7) is 1.54. The predicted octanol–water partition coefficient (Wildman–Crippen LogP) is 2.55. The van der Waals surface area contributed by atoms with Crippen molar-refractivity contribution in [2.75, 3.05) is 32.2 Å². The first-order valence-electron chi connectivity index (χ1n) is 8.36. The Morgan fingerprint density at radius 2 is 2.04 bits per heavy atom. The number of nitrogens with zero attached hydrogens (tertiary/aromatic N) is 3. The number of amides is 1. The zero-order valence-electron chi connectivity index (χ0n) is 14.7. The smallest absolute Gasteiger partial charge is 0.251 e. The maximum atomic E-state index is 12.7. The van der Waals surface area contributed by atoms with E-state index in [0.29, 0.717) is 34.6 Å². The Hall–Kier alpha value is -2.54. The lowest BCUT2D eigenvalue weighted by Crippen LogP contribution is -2.48. The van der Waals surface area contributed by atoms with Crippen molar-refractivity contribution in [3.05, 3.63) is 41.2 Å². The maximum Gasteiger partial charge on any atom is 0.251 e. The number of benzene rings is 1. The number of hydrogen-bond acceptors (Lipinski definition) is 6. The Bertz CT molecular complexity index is 773. The molecule has 138 valence electrons. The van der Waals surface area contributed by atoms with Gasteiger partial charge in [-0.3, -0.25) is 4.79 Å². The number of anilines is 1. The molecule has 1 N–H and O–H groups in total. The molecule has 1 amide bonds. The summed E-state index contributed by atoms with van der Waals surface area (Å²) in [5.41, 5.74) is 0.431. The number of rotatable bonds is 5. The molecule has 1 aromatic carbocycles. The number of carbonyl (C=O) groups is 1. The van der Waals surface area contributed by atoms with Gasteiger partial charge in [0.1, 0.15) is 0 Å². The van der Waals surface area contributed by atoms with Crippen LogP contribution in [0.1, 0.15) is 23.2 Å². The van der Waals surface area contributed by atoms with Gasteiger partial charge in [0.05, 0.1) is 19.2 Å². The average Bonchev–Trinajstić information content (AvgIpc) is 2.68. The summed E-state index contributed by atoms with van der Waals surface area (Å²) < 4.78 is 10.5. The van der Waals surface area contributed by atoms with Gasteiger partial charge < -0.3 is 19.7 Å². The molecule has 7 nitrogen and oxygen atoms in total. The molecule has 2 heterocycles. The van der Waals surface area contributed by atoms with Crippen molar-refractivity contribution >= 4 is 23.5 Å². The van der Waals surface area contributed by atoms with Crippen LogP contribution in [0.15, 0.2) is 30.6 Å². The highest BCUT2D eigenvalue weighted by atomic mass is 35.5. The van der Waals surface area contributed by atoms with Crippen LogP contribution in [0.4, 0.5) is 5.95 Å². The van der Waals surface area contributed by atoms with Crippen LogP contribution in [0.2, 0.25) is 5.02 Å². The number of carbonyl (C=O) groups excluding carboxylic acids is 1. The number of nitrogens with one attached hydrogen (secondary N) is 1. The highest BCUT2D eigenvalue weighted by Gasteiger charge is 2.24. The Morgan fingerprint density at radius 3 is 2.73 bits per heavy atom. The minimum atomic E-state index is -0.200. The summed E-state index contributed by atoms with van der Waals surface area (Å²) in [7, 11) is 3.01. The molecule has 1 atom stereocenters. The van der Waals surface area contributed by atoms with E-state index in [9.17, 15) is 4.79 Å². The fourth-order valence-electron chi connectivity index (χ4n) is 3.05. The van der Waals surface area contributed by atoms with Gasteiger partial charge in [-0.15, -0.1) is 0 Å². The van der Waals surface area contributed by atoms with E-state index in [4.69, 9.17) is 21.1 Å². The van der Waals surface area contributed by atoms with Crippen molar-refractivity contribution in [2.45, 2.75) is 18.9 Å². The monoisotopic (exact) mass is 376 g/mol. The third-order valence-electron chi connectivity index (χ3n) is 4.29. The lowest BCUT2D eigenvalue weighted by atomic mass is 10.1. The van der Waals surface area contributed by atoms with E-state index in [1.165, 1.54) is 14.2 Å². The summed E-state index contributed by atoms with van der Waals surface area (Å²) in [4.78, 5) is 23.3. The second-order valence-corrected chi connectivity index (χ2v) is 6.41. The van der Waals surface area contributed by atoms with Gasteiger partial charge in [0, 0.05) is 37.1 Å². The molecule has 1 fully saturated rings. The molecule has 1 aromatic heterocycles. The second kappa shape index (κ2) is 8.23. The molecule has 3 rings (SSSR count). The first-order valence-corrected chi connectivity index (χ1v) is 8.74. The van der Waals surface area contributed by atoms with E-state index >= 15 is 0 Å². The molecule has 0 aliphatic carbocycles. The summed E-state index contributed by atoms with van der Waals surface area (Å²) in [5.74, 6) is 1.32. The first kappa shape index (κ1) is 18.3. The van der Waals surface area contributed by atoms with Crippen molar-refractivity contribution in [1.29, 1.82) is 0 Å².